The summed E-state index contributed by atoms with van der Waals surface area (Å²) in [6, 6.07) is 11.5. The van der Waals surface area contributed by atoms with E-state index in [0.717, 1.165) is 16.5 Å². The van der Waals surface area contributed by atoms with E-state index in [4.69, 9.17) is 11.5 Å². The van der Waals surface area contributed by atoms with Gasteiger partial charge in [0.05, 0.1) is 6.10 Å². The minimum absolute atomic E-state index is 0.0366. The second kappa shape index (κ2) is 30.3. The van der Waals surface area contributed by atoms with Gasteiger partial charge >= 0.3 is 0 Å². The third-order valence-corrected chi connectivity index (χ3v) is 12.8. The zero-order chi connectivity index (χ0) is 55.2. The lowest BCUT2D eigenvalue weighted by Crippen LogP contribution is -2.61. The molecule has 9 amide bonds. The molecule has 0 bridgehead atoms. The van der Waals surface area contributed by atoms with Crippen molar-refractivity contribution in [2.45, 2.75) is 120 Å². The number of amides is 9. The van der Waals surface area contributed by atoms with Crippen LogP contribution >= 0.6 is 25.3 Å². The fraction of sp³-hybridized carbons (Fsp3) is 0.431. The molecular formula is C51H69N11O11S2. The number of aliphatic hydroxyl groups is 1. The zero-order valence-corrected chi connectivity index (χ0v) is 43.8. The quantitative estimate of drug-likeness (QED) is 0.0223. The van der Waals surface area contributed by atoms with Crippen LogP contribution in [0.5, 0.6) is 5.75 Å². The maximum absolute atomic E-state index is 14.6. The van der Waals surface area contributed by atoms with Crippen LogP contribution in [0, 0.1) is 0 Å². The fourth-order valence-corrected chi connectivity index (χ4v) is 8.45. The summed E-state index contributed by atoms with van der Waals surface area (Å²) >= 11 is 8.63. The number of aromatic hydroxyl groups is 1. The topological polar surface area (TPSA) is 358 Å². The number of H-pyrrole nitrogens is 1. The van der Waals surface area contributed by atoms with E-state index in [0.29, 0.717) is 24.0 Å². The fourth-order valence-electron chi connectivity index (χ4n) is 7.93. The molecule has 15 N–H and O–H groups in total. The molecule has 0 aliphatic heterocycles. The highest BCUT2D eigenvalue weighted by Gasteiger charge is 2.35. The Kier molecular flexibility index (Phi) is 24.4. The van der Waals surface area contributed by atoms with Gasteiger partial charge in [-0.05, 0) is 74.0 Å². The first-order chi connectivity index (χ1) is 35.8. The number of nitrogens with one attached hydrogen (secondary N) is 9. The Morgan fingerprint density at radius 2 is 1.03 bits per heavy atom. The van der Waals surface area contributed by atoms with Gasteiger partial charge in [0.1, 0.15) is 54.1 Å². The Hall–Kier alpha value is -7.15. The molecule has 0 spiro atoms. The number of thiol groups is 2. The Morgan fingerprint density at radius 1 is 0.573 bits per heavy atom. The number of hydrogen-bond acceptors (Lipinski definition) is 14. The molecule has 406 valence electrons. The number of benzene rings is 3. The predicted molar refractivity (Wildman–Crippen MR) is 287 cm³/mol. The molecule has 0 unspecified atom stereocenters. The number of carbonyl (C=O) groups is 9. The summed E-state index contributed by atoms with van der Waals surface area (Å²) in [4.78, 5) is 125. The van der Waals surface area contributed by atoms with Gasteiger partial charge < -0.3 is 69.2 Å². The maximum atomic E-state index is 14.6. The average Bonchev–Trinajstić information content (AvgIpc) is 3.79. The van der Waals surface area contributed by atoms with Crippen LogP contribution in [0.25, 0.3) is 10.9 Å². The SMILES string of the molecule is CC[C@H](NC(=O)[C@H](CS)NC(=O)[C@H](CCCCN)NC(=O)[C@@H](Cc1c[nH]c2ccccc12)NC(=O)[C@@H](CS)NC(=O)[C@H](Cc1ccc(O)cc1)NC(=O)[C@@H](Cc1ccccc1)NC(C)=O)C(=O)N[C@H](C(N)=O)[C@@H](C)O. The summed E-state index contributed by atoms with van der Waals surface area (Å²) in [5.74, 6) is -7.69. The number of aromatic amines is 1. The number of para-hydroxylation sites is 1. The molecule has 0 saturated carbocycles. The predicted octanol–water partition coefficient (Wildman–Crippen LogP) is -0.936. The molecule has 0 aliphatic rings. The van der Waals surface area contributed by atoms with E-state index in [1.54, 1.807) is 61.7 Å². The summed E-state index contributed by atoms with van der Waals surface area (Å²) in [5, 5.41) is 41.5. The van der Waals surface area contributed by atoms with Crippen molar-refractivity contribution in [3.8, 4) is 5.75 Å². The molecule has 0 aliphatic carbocycles. The molecule has 0 fully saturated rings. The monoisotopic (exact) mass is 1080 g/mol. The van der Waals surface area contributed by atoms with E-state index in [1.807, 2.05) is 18.2 Å². The van der Waals surface area contributed by atoms with Crippen LogP contribution in [0.1, 0.15) is 63.1 Å². The third kappa shape index (κ3) is 18.9. The van der Waals surface area contributed by atoms with E-state index in [-0.39, 0.29) is 55.9 Å². The highest BCUT2D eigenvalue weighted by Crippen LogP contribution is 2.20. The standard InChI is InChI=1S/C51H69N11O11S2/c1-4-35(45(67)62-43(28(2)63)44(53)66)56-50(72)41(26-74)60-46(68)37(16-10-11-21-52)57-49(71)40(24-32-25-54-36-15-9-8-14-34(32)36)59-51(73)42(27-75)61-48(70)39(23-31-17-19-33(65)20-18-31)58-47(69)38(55-29(3)64)22-30-12-6-5-7-13-30/h5-9,12-15,17-20,25,28,35,37-43,54,63,65,74-75H,4,10-11,16,21-24,26-27,52H2,1-3H3,(H2,53,66)(H,55,64)(H,56,72)(H,57,71)(H,58,69)(H,59,73)(H,60,68)(H,61,70)(H,62,67)/t28-,35+,37+,38-,39+,40-,41+,42-,43+/m1/s1. The highest BCUT2D eigenvalue weighted by atomic mass is 32.1. The van der Waals surface area contributed by atoms with Crippen LogP contribution in [0.3, 0.4) is 0 Å². The van der Waals surface area contributed by atoms with E-state index in [2.05, 4.69) is 72.8 Å². The molecule has 9 atom stereocenters. The van der Waals surface area contributed by atoms with Crippen LogP contribution in [-0.4, -0.2) is 141 Å². The number of carbonyl (C=O) groups excluding carboxylic acids is 9. The normalized spacial score (nSPS) is 14.7. The Balaban J connectivity index is 1.59. The van der Waals surface area contributed by atoms with Crippen molar-refractivity contribution in [2.24, 2.45) is 11.5 Å². The summed E-state index contributed by atoms with van der Waals surface area (Å²) in [7, 11) is 0. The van der Waals surface area contributed by atoms with Crippen molar-refractivity contribution in [2.75, 3.05) is 18.1 Å². The molecule has 4 rings (SSSR count). The molecule has 75 heavy (non-hydrogen) atoms. The number of unbranched alkanes of at least 4 members (excludes halogenated alkanes) is 1. The van der Waals surface area contributed by atoms with Gasteiger partial charge in [0.15, 0.2) is 0 Å². The van der Waals surface area contributed by atoms with Gasteiger partial charge in [-0.1, -0.05) is 67.6 Å². The van der Waals surface area contributed by atoms with E-state index in [9.17, 15) is 53.4 Å². The smallest absolute Gasteiger partial charge is 0.244 e. The van der Waals surface area contributed by atoms with Crippen LogP contribution in [0.2, 0.25) is 0 Å². The van der Waals surface area contributed by atoms with E-state index >= 15 is 0 Å². The molecule has 24 heteroatoms. The molecular weight excluding hydrogens is 1010 g/mol. The van der Waals surface area contributed by atoms with Crippen molar-refractivity contribution in [1.82, 2.24) is 47.5 Å². The van der Waals surface area contributed by atoms with Gasteiger partial charge in [0.25, 0.3) is 0 Å². The summed E-state index contributed by atoms with van der Waals surface area (Å²) in [5.41, 5.74) is 13.7. The molecule has 1 heterocycles. The highest BCUT2D eigenvalue weighted by molar-refractivity contribution is 7.80. The molecule has 4 aromatic rings. The summed E-state index contributed by atoms with van der Waals surface area (Å²) < 4.78 is 0. The minimum atomic E-state index is -1.44. The first-order valence-electron chi connectivity index (χ1n) is 24.4. The number of primary amides is 1. The number of phenols is 1. The van der Waals surface area contributed by atoms with Gasteiger partial charge in [-0.25, -0.2) is 0 Å². The maximum Gasteiger partial charge on any atom is 0.244 e. The number of hydrogen-bond donors (Lipinski definition) is 15. The average molecular weight is 1080 g/mol. The van der Waals surface area contributed by atoms with Crippen LogP contribution in [0.15, 0.2) is 85.1 Å². The number of aliphatic hydroxyl groups excluding tert-OH is 1. The van der Waals surface area contributed by atoms with Gasteiger partial charge in [-0.15, -0.1) is 0 Å². The molecule has 0 radical (unpaired) electrons. The second-order valence-electron chi connectivity index (χ2n) is 17.9. The zero-order valence-electron chi connectivity index (χ0n) is 42.0. The van der Waals surface area contributed by atoms with Crippen LogP contribution < -0.4 is 54.0 Å². The van der Waals surface area contributed by atoms with Gasteiger partial charge in [0, 0.05) is 54.8 Å². The third-order valence-electron chi connectivity index (χ3n) is 12.1. The summed E-state index contributed by atoms with van der Waals surface area (Å²) in [6.45, 7) is 4.35. The number of rotatable bonds is 30. The lowest BCUT2D eigenvalue weighted by atomic mass is 10.0. The van der Waals surface area contributed by atoms with Crippen molar-refractivity contribution in [3.63, 3.8) is 0 Å². The van der Waals surface area contributed by atoms with Crippen LogP contribution in [-0.2, 0) is 62.4 Å². The number of fused-ring (bicyclic) bond motifs is 1. The van der Waals surface area contributed by atoms with E-state index < -0.39 is 108 Å². The van der Waals surface area contributed by atoms with Crippen molar-refractivity contribution in [1.29, 1.82) is 0 Å². The van der Waals surface area contributed by atoms with Crippen molar-refractivity contribution in [3.05, 3.63) is 102 Å². The van der Waals surface area contributed by atoms with Gasteiger partial charge in [-0.3, -0.25) is 43.2 Å². The first kappa shape index (κ1) is 60.4. The number of aromatic nitrogens is 1. The lowest BCUT2D eigenvalue weighted by molar-refractivity contribution is -0.135. The molecule has 0 saturated heterocycles. The molecule has 1 aromatic heterocycles. The number of phenolic OH excluding ortho intramolecular Hbond substituents is 1. The Labute approximate surface area is 445 Å². The second-order valence-corrected chi connectivity index (χ2v) is 18.7. The molecule has 3 aromatic carbocycles. The van der Waals surface area contributed by atoms with Gasteiger partial charge in [-0.2, -0.15) is 25.3 Å². The van der Waals surface area contributed by atoms with Crippen LogP contribution in [0.4, 0.5) is 0 Å². The lowest BCUT2D eigenvalue weighted by Gasteiger charge is -2.28. The van der Waals surface area contributed by atoms with Crippen molar-refractivity contribution >= 4 is 89.3 Å². The largest absolute Gasteiger partial charge is 0.508 e. The van der Waals surface area contributed by atoms with E-state index in [1.165, 1.54) is 26.0 Å². The molecule has 22 nitrogen and oxygen atoms in total. The Bertz CT molecular complexity index is 2590. The summed E-state index contributed by atoms with van der Waals surface area (Å²) in [6.07, 6.45) is 1.08. The van der Waals surface area contributed by atoms with Gasteiger partial charge in [0.2, 0.25) is 53.2 Å². The first-order valence-corrected chi connectivity index (χ1v) is 25.7. The Morgan fingerprint density at radius 3 is 1.55 bits per heavy atom. The number of nitrogens with two attached hydrogens (primary N) is 2. The van der Waals surface area contributed by atoms with Crippen molar-refractivity contribution < 1.29 is 53.4 Å². The minimum Gasteiger partial charge on any atom is -0.508 e.